The predicted octanol–water partition coefficient (Wildman–Crippen LogP) is 6.42. The monoisotopic (exact) mass is 1050 g/mol. The number of pyridine rings is 1. The Morgan fingerprint density at radius 2 is 1.53 bits per heavy atom. The highest BCUT2D eigenvalue weighted by molar-refractivity contribution is 6.25. The van der Waals surface area contributed by atoms with Crippen LogP contribution in [0.4, 0.5) is 17.2 Å². The summed E-state index contributed by atoms with van der Waals surface area (Å²) in [6, 6.07) is 14.0. The highest BCUT2D eigenvalue weighted by atomic mass is 16.2. The van der Waals surface area contributed by atoms with E-state index < -0.39 is 35.1 Å². The van der Waals surface area contributed by atoms with Crippen molar-refractivity contribution in [1.82, 2.24) is 39.5 Å². The molecular formula is C59H71N11O7. The van der Waals surface area contributed by atoms with E-state index >= 15 is 4.79 Å². The molecule has 7 fully saturated rings. The molecule has 2 N–H and O–H groups in total. The van der Waals surface area contributed by atoms with Gasteiger partial charge < -0.3 is 34.4 Å². The Kier molecular flexibility index (Phi) is 12.5. The molecule has 4 aromatic rings. The van der Waals surface area contributed by atoms with Gasteiger partial charge in [-0.25, -0.2) is 9.97 Å². The van der Waals surface area contributed by atoms with Crippen LogP contribution in [0.3, 0.4) is 0 Å². The fourth-order valence-corrected chi connectivity index (χ4v) is 14.6. The van der Waals surface area contributed by atoms with E-state index in [9.17, 15) is 28.8 Å². The highest BCUT2D eigenvalue weighted by Crippen LogP contribution is 2.53. The Hall–Kier alpha value is -6.69. The zero-order valence-corrected chi connectivity index (χ0v) is 44.7. The normalized spacial score (nSPS) is 27.4. The van der Waals surface area contributed by atoms with Crippen molar-refractivity contribution >= 4 is 69.6 Å². The molecule has 2 aromatic heterocycles. The smallest absolute Gasteiger partial charge is 0.264 e. The van der Waals surface area contributed by atoms with Crippen molar-refractivity contribution in [1.29, 1.82) is 0 Å². The number of piperidine rings is 3. The number of amides is 7. The average molecular weight is 1050 g/mol. The summed E-state index contributed by atoms with van der Waals surface area (Å²) in [5.74, 6) is -1.43. The van der Waals surface area contributed by atoms with Gasteiger partial charge >= 0.3 is 0 Å². The fourth-order valence-electron chi connectivity index (χ4n) is 14.6. The van der Waals surface area contributed by atoms with Gasteiger partial charge in [0, 0.05) is 87.0 Å². The molecule has 3 saturated carbocycles. The van der Waals surface area contributed by atoms with Gasteiger partial charge in [0.2, 0.25) is 29.5 Å². The number of imidazole rings is 1. The van der Waals surface area contributed by atoms with Crippen molar-refractivity contribution in [2.75, 3.05) is 61.4 Å². The quantitative estimate of drug-likeness (QED) is 0.157. The van der Waals surface area contributed by atoms with E-state index in [4.69, 9.17) is 9.97 Å². The molecule has 9 aliphatic rings. The molecule has 0 radical (unpaired) electrons. The molecule has 0 unspecified atom stereocenters. The molecule has 13 rings (SSSR count). The van der Waals surface area contributed by atoms with Crippen molar-refractivity contribution in [3.05, 3.63) is 65.5 Å². The Morgan fingerprint density at radius 3 is 2.26 bits per heavy atom. The number of aromatic nitrogens is 3. The lowest BCUT2D eigenvalue weighted by molar-refractivity contribution is -0.140. The highest BCUT2D eigenvalue weighted by Gasteiger charge is 2.56. The first-order valence-corrected chi connectivity index (χ1v) is 28.8. The van der Waals surface area contributed by atoms with Crippen LogP contribution >= 0.6 is 0 Å². The van der Waals surface area contributed by atoms with Crippen LogP contribution in [0, 0.1) is 11.8 Å². The number of nitrogens with one attached hydrogen (secondary N) is 2. The molecule has 3 aliphatic carbocycles. The van der Waals surface area contributed by atoms with Crippen LogP contribution in [0.25, 0.3) is 22.3 Å². The molecule has 6 aliphatic heterocycles. The van der Waals surface area contributed by atoms with Crippen LogP contribution in [-0.4, -0.2) is 152 Å². The van der Waals surface area contributed by atoms with E-state index in [-0.39, 0.29) is 71.7 Å². The van der Waals surface area contributed by atoms with Crippen LogP contribution in [0.1, 0.15) is 149 Å². The molecule has 77 heavy (non-hydrogen) atoms. The minimum atomic E-state index is -1.04. The largest absolute Gasteiger partial charge is 0.371 e. The van der Waals surface area contributed by atoms with Crippen molar-refractivity contribution in [2.24, 2.45) is 11.8 Å². The maximum Gasteiger partial charge on any atom is 0.264 e. The van der Waals surface area contributed by atoms with Crippen LogP contribution in [0.5, 0.6) is 0 Å². The number of rotatable bonds is 11. The van der Waals surface area contributed by atoms with Gasteiger partial charge in [0.25, 0.3) is 11.8 Å². The number of anilines is 3. The Balaban J connectivity index is 0.665. The van der Waals surface area contributed by atoms with Gasteiger partial charge in [-0.2, -0.15) is 0 Å². The number of likely N-dealkylation sites (tertiary alicyclic amines) is 3. The van der Waals surface area contributed by atoms with E-state index in [0.717, 1.165) is 83.0 Å². The van der Waals surface area contributed by atoms with Crippen molar-refractivity contribution in [3.8, 4) is 11.3 Å². The molecule has 18 heteroatoms. The summed E-state index contributed by atoms with van der Waals surface area (Å²) in [7, 11) is 1.91. The zero-order chi connectivity index (χ0) is 53.0. The third-order valence-electron chi connectivity index (χ3n) is 19.3. The molecule has 1 spiro atoms. The molecule has 7 amide bonds. The van der Waals surface area contributed by atoms with Gasteiger partial charge in [0.15, 0.2) is 5.82 Å². The second-order valence-corrected chi connectivity index (χ2v) is 24.1. The Bertz CT molecular complexity index is 3100. The summed E-state index contributed by atoms with van der Waals surface area (Å²) in [4.78, 5) is 118. The molecule has 18 nitrogen and oxygen atoms in total. The lowest BCUT2D eigenvalue weighted by atomic mass is 9.73. The van der Waals surface area contributed by atoms with Crippen LogP contribution < -0.4 is 20.4 Å². The number of nitrogens with zero attached hydrogens (tertiary/aromatic N) is 9. The Labute approximate surface area is 449 Å². The molecule has 8 heterocycles. The molecule has 0 bridgehead atoms. The number of hydrogen-bond donors (Lipinski definition) is 2. The summed E-state index contributed by atoms with van der Waals surface area (Å²) in [6.45, 7) is 8.48. The summed E-state index contributed by atoms with van der Waals surface area (Å²) < 4.78 is 2.19. The maximum atomic E-state index is 15.3. The first-order valence-electron chi connectivity index (χ1n) is 28.8. The number of carbonyl (C=O) groups is 7. The molecule has 404 valence electrons. The topological polar surface area (TPSA) is 194 Å². The summed E-state index contributed by atoms with van der Waals surface area (Å²) in [6.07, 6.45) is 14.4. The third-order valence-corrected chi connectivity index (χ3v) is 19.3. The Morgan fingerprint density at radius 1 is 0.779 bits per heavy atom. The molecule has 4 saturated heterocycles. The second-order valence-electron chi connectivity index (χ2n) is 24.1. The third kappa shape index (κ3) is 8.49. The average Bonchev–Trinajstić information content (AvgIpc) is 4.00. The van der Waals surface area contributed by atoms with Gasteiger partial charge in [-0.05, 0) is 147 Å². The van der Waals surface area contributed by atoms with E-state index in [1.807, 2.05) is 34.1 Å². The minimum absolute atomic E-state index is 0.0156. The summed E-state index contributed by atoms with van der Waals surface area (Å²) in [5, 5.41) is 5.96. The lowest BCUT2D eigenvalue weighted by Crippen LogP contribution is -2.58. The number of fused-ring (bicyclic) bond motifs is 4. The SMILES string of the molecule is CC(C)n1cnc2cc(-c3ccc4c(c3)N(C3CC(N5CCCCC5)C3)C(=O)C43CCN(C(=O)[C@@H]4CCN(C(=O)C5CCC(N(C)c6cccc7c6C(=O)N([C@@H]6CCC(=O)NC6=O)C7=O)CC5)C4)CC3)nc(NC3CC3)c21. The van der Waals surface area contributed by atoms with Gasteiger partial charge in [-0.3, -0.25) is 43.8 Å². The number of imide groups is 2. The second kappa shape index (κ2) is 19.3. The molecule has 2 atom stereocenters. The number of benzene rings is 2. The zero-order valence-electron chi connectivity index (χ0n) is 44.7. The van der Waals surface area contributed by atoms with Crippen molar-refractivity contribution in [3.63, 3.8) is 0 Å². The van der Waals surface area contributed by atoms with Crippen molar-refractivity contribution < 1.29 is 33.6 Å². The van der Waals surface area contributed by atoms with Gasteiger partial charge in [-0.1, -0.05) is 24.6 Å². The van der Waals surface area contributed by atoms with E-state index in [2.05, 4.69) is 63.1 Å². The maximum absolute atomic E-state index is 15.3. The van der Waals surface area contributed by atoms with Crippen LogP contribution in [0.2, 0.25) is 0 Å². The fraction of sp³-hybridized carbons (Fsp3) is 0.576. The first-order chi connectivity index (χ1) is 37.3. The molecular weight excluding hydrogens is 975 g/mol. The van der Waals surface area contributed by atoms with Gasteiger partial charge in [-0.15, -0.1) is 0 Å². The lowest BCUT2D eigenvalue weighted by Gasteiger charge is -2.48. The molecule has 2 aromatic carbocycles. The minimum Gasteiger partial charge on any atom is -0.371 e. The van der Waals surface area contributed by atoms with Gasteiger partial charge in [0.05, 0.1) is 45.7 Å². The van der Waals surface area contributed by atoms with E-state index in [1.165, 1.54) is 19.3 Å². The number of hydrogen-bond acceptors (Lipinski definition) is 12. The first kappa shape index (κ1) is 49.9. The number of carbonyl (C=O) groups excluding carboxylic acids is 7. The van der Waals surface area contributed by atoms with E-state index in [0.29, 0.717) is 88.9 Å². The van der Waals surface area contributed by atoms with Crippen LogP contribution in [-0.2, 0) is 29.4 Å². The van der Waals surface area contributed by atoms with Crippen LogP contribution in [0.15, 0.2) is 48.8 Å². The van der Waals surface area contributed by atoms with Gasteiger partial charge in [0.1, 0.15) is 11.6 Å². The van der Waals surface area contributed by atoms with E-state index in [1.54, 1.807) is 12.1 Å². The van der Waals surface area contributed by atoms with Crippen molar-refractivity contribution in [2.45, 2.75) is 158 Å². The standard InChI is InChI=1S/C59H71N11O7/c1-34(2)68-33-60-45-31-44(62-52(51(45)68)61-38-13-14-38)36-12-17-43-48(28-36)69(41-29-40(30-41)65-23-5-4-6-24-65)58(77)59(43)21-26-66(27-22-59)55(74)37-20-25-67(32-37)54(73)35-10-15-39(16-11-35)64(3)46-9-7-8-42-50(46)57(76)70(56(42)75)47-18-19-49(71)63-53(47)72/h7-9,12,17,28,31,33-35,37-41,47H,4-6,10-11,13-16,18-27,29-30,32H2,1-3H3,(H,61,62)(H,63,71,72)/t35?,37-,39?,40?,41?,47-/m1/s1. The predicted molar refractivity (Wildman–Crippen MR) is 289 cm³/mol. The summed E-state index contributed by atoms with van der Waals surface area (Å²) in [5.41, 5.74) is 6.16. The summed E-state index contributed by atoms with van der Waals surface area (Å²) >= 11 is 0.